The molecule has 0 aromatic heterocycles. The molecule has 114 valence electrons. The first kappa shape index (κ1) is 15.8. The van der Waals surface area contributed by atoms with Crippen LogP contribution in [-0.2, 0) is 4.74 Å². The Morgan fingerprint density at radius 1 is 1.24 bits per heavy atom. The molecule has 0 atom stereocenters. The normalized spacial score (nSPS) is 15.3. The van der Waals surface area contributed by atoms with Crippen molar-refractivity contribution in [3.63, 3.8) is 0 Å². The maximum absolute atomic E-state index is 12.2. The van der Waals surface area contributed by atoms with E-state index in [0.29, 0.717) is 18.7 Å². The highest BCUT2D eigenvalue weighted by Gasteiger charge is 2.33. The summed E-state index contributed by atoms with van der Waals surface area (Å²) >= 11 is 3.34. The zero-order valence-corrected chi connectivity index (χ0v) is 13.9. The van der Waals surface area contributed by atoms with Gasteiger partial charge < -0.3 is 15.0 Å². The predicted octanol–water partition coefficient (Wildman–Crippen LogP) is 2.80. The minimum absolute atomic E-state index is 0.0234. The number of alkyl carbamates (subject to hydrolysis) is 1. The third kappa shape index (κ3) is 4.46. The maximum atomic E-state index is 12.2. The monoisotopic (exact) mass is 354 g/mol. The van der Waals surface area contributed by atoms with Gasteiger partial charge in [-0.3, -0.25) is 4.79 Å². The molecule has 2 rings (SSSR count). The summed E-state index contributed by atoms with van der Waals surface area (Å²) in [6.45, 7) is 6.46. The van der Waals surface area contributed by atoms with Crippen LogP contribution in [0.4, 0.5) is 4.79 Å². The van der Waals surface area contributed by atoms with E-state index < -0.39 is 11.7 Å². The van der Waals surface area contributed by atoms with E-state index in [1.54, 1.807) is 17.0 Å². The zero-order chi connectivity index (χ0) is 15.6. The highest BCUT2D eigenvalue weighted by Crippen LogP contribution is 2.16. The Morgan fingerprint density at radius 3 is 2.33 bits per heavy atom. The quantitative estimate of drug-likeness (QED) is 0.888. The van der Waals surface area contributed by atoms with Gasteiger partial charge in [-0.15, -0.1) is 0 Å². The van der Waals surface area contributed by atoms with Crippen LogP contribution >= 0.6 is 15.9 Å². The Hall–Kier alpha value is -1.56. The van der Waals surface area contributed by atoms with E-state index >= 15 is 0 Å². The second kappa shape index (κ2) is 6.05. The number of nitrogens with one attached hydrogen (secondary N) is 1. The van der Waals surface area contributed by atoms with Gasteiger partial charge in [0.25, 0.3) is 5.91 Å². The molecule has 1 aromatic carbocycles. The molecular weight excluding hydrogens is 336 g/mol. The molecular formula is C15H19BrN2O3. The molecule has 0 aliphatic carbocycles. The molecule has 1 aliphatic heterocycles. The lowest BCUT2D eigenvalue weighted by Gasteiger charge is -2.39. The van der Waals surface area contributed by atoms with Crippen molar-refractivity contribution < 1.29 is 14.3 Å². The Kier molecular flexibility index (Phi) is 4.56. The van der Waals surface area contributed by atoms with Crippen LogP contribution in [0.3, 0.4) is 0 Å². The van der Waals surface area contributed by atoms with E-state index in [4.69, 9.17) is 4.74 Å². The molecule has 0 saturated carbocycles. The summed E-state index contributed by atoms with van der Waals surface area (Å²) in [5, 5.41) is 2.76. The SMILES string of the molecule is CC(C)(C)OC(=O)NC1CN(C(=O)c2ccc(Br)cc2)C1. The lowest BCUT2D eigenvalue weighted by atomic mass is 10.1. The summed E-state index contributed by atoms with van der Waals surface area (Å²) in [7, 11) is 0. The molecule has 1 N–H and O–H groups in total. The van der Waals surface area contributed by atoms with Crippen molar-refractivity contribution in [2.45, 2.75) is 32.4 Å². The summed E-state index contributed by atoms with van der Waals surface area (Å²) in [4.78, 5) is 25.5. The van der Waals surface area contributed by atoms with E-state index in [1.165, 1.54) is 0 Å². The second-order valence-corrected chi connectivity index (χ2v) is 6.98. The smallest absolute Gasteiger partial charge is 0.407 e. The first-order chi connectivity index (χ1) is 9.74. The van der Waals surface area contributed by atoms with E-state index in [0.717, 1.165) is 4.47 Å². The molecule has 5 nitrogen and oxygen atoms in total. The van der Waals surface area contributed by atoms with Gasteiger partial charge in [0.2, 0.25) is 0 Å². The van der Waals surface area contributed by atoms with Crippen LogP contribution in [-0.4, -0.2) is 41.6 Å². The van der Waals surface area contributed by atoms with Crippen molar-refractivity contribution in [1.29, 1.82) is 0 Å². The Labute approximate surface area is 132 Å². The highest BCUT2D eigenvalue weighted by atomic mass is 79.9. The van der Waals surface area contributed by atoms with Crippen molar-refractivity contribution in [2.24, 2.45) is 0 Å². The van der Waals surface area contributed by atoms with Crippen LogP contribution in [0, 0.1) is 0 Å². The predicted molar refractivity (Wildman–Crippen MR) is 83.2 cm³/mol. The second-order valence-electron chi connectivity index (χ2n) is 6.06. The summed E-state index contributed by atoms with van der Waals surface area (Å²) in [5.74, 6) is -0.0234. The number of halogens is 1. The van der Waals surface area contributed by atoms with Gasteiger partial charge in [0.1, 0.15) is 5.60 Å². The van der Waals surface area contributed by atoms with Crippen LogP contribution in [0.2, 0.25) is 0 Å². The molecule has 1 aliphatic rings. The van der Waals surface area contributed by atoms with Gasteiger partial charge in [-0.1, -0.05) is 15.9 Å². The van der Waals surface area contributed by atoms with Crippen molar-refractivity contribution in [1.82, 2.24) is 10.2 Å². The minimum atomic E-state index is -0.513. The van der Waals surface area contributed by atoms with Gasteiger partial charge in [0, 0.05) is 23.1 Å². The molecule has 0 radical (unpaired) electrons. The van der Waals surface area contributed by atoms with Gasteiger partial charge >= 0.3 is 6.09 Å². The fourth-order valence-electron chi connectivity index (χ4n) is 1.98. The van der Waals surface area contributed by atoms with Gasteiger partial charge in [-0.05, 0) is 45.0 Å². The molecule has 0 unspecified atom stereocenters. The van der Waals surface area contributed by atoms with Crippen molar-refractivity contribution in [2.75, 3.05) is 13.1 Å². The number of nitrogens with zero attached hydrogens (tertiary/aromatic N) is 1. The van der Waals surface area contributed by atoms with Crippen LogP contribution in [0.1, 0.15) is 31.1 Å². The number of likely N-dealkylation sites (tertiary alicyclic amines) is 1. The Balaban J connectivity index is 1.80. The Morgan fingerprint density at radius 2 is 1.81 bits per heavy atom. The first-order valence-electron chi connectivity index (χ1n) is 6.79. The number of carbonyl (C=O) groups excluding carboxylic acids is 2. The topological polar surface area (TPSA) is 58.6 Å². The highest BCUT2D eigenvalue weighted by molar-refractivity contribution is 9.10. The molecule has 1 heterocycles. The number of carbonyl (C=O) groups is 2. The molecule has 6 heteroatoms. The summed E-state index contributed by atoms with van der Waals surface area (Å²) in [5.41, 5.74) is 0.134. The van der Waals surface area contributed by atoms with Gasteiger partial charge in [0.15, 0.2) is 0 Å². The lowest BCUT2D eigenvalue weighted by Crippen LogP contribution is -2.61. The molecule has 1 aromatic rings. The zero-order valence-electron chi connectivity index (χ0n) is 12.4. The molecule has 0 bridgehead atoms. The van der Waals surface area contributed by atoms with E-state index in [1.807, 2.05) is 32.9 Å². The standard InChI is InChI=1S/C15H19BrN2O3/c1-15(2,3)21-14(20)17-12-8-18(9-12)13(19)10-4-6-11(16)7-5-10/h4-7,12H,8-9H2,1-3H3,(H,17,20). The van der Waals surface area contributed by atoms with Crippen LogP contribution in [0.15, 0.2) is 28.7 Å². The van der Waals surface area contributed by atoms with Gasteiger partial charge in [-0.2, -0.15) is 0 Å². The average molecular weight is 355 g/mol. The molecule has 1 fully saturated rings. The summed E-state index contributed by atoms with van der Waals surface area (Å²) in [6.07, 6.45) is -0.441. The number of rotatable bonds is 2. The van der Waals surface area contributed by atoms with Crippen LogP contribution in [0.25, 0.3) is 0 Å². The fraction of sp³-hybridized carbons (Fsp3) is 0.467. The third-order valence-corrected chi connectivity index (χ3v) is 3.51. The summed E-state index contributed by atoms with van der Waals surface area (Å²) in [6, 6.07) is 7.19. The van der Waals surface area contributed by atoms with E-state index in [-0.39, 0.29) is 11.9 Å². The lowest BCUT2D eigenvalue weighted by molar-refractivity contribution is 0.0359. The number of amides is 2. The third-order valence-electron chi connectivity index (χ3n) is 2.98. The van der Waals surface area contributed by atoms with E-state index in [9.17, 15) is 9.59 Å². The van der Waals surface area contributed by atoms with Crippen molar-refractivity contribution >= 4 is 27.9 Å². The maximum Gasteiger partial charge on any atom is 0.407 e. The van der Waals surface area contributed by atoms with Crippen LogP contribution < -0.4 is 5.32 Å². The number of ether oxygens (including phenoxy) is 1. The molecule has 1 saturated heterocycles. The minimum Gasteiger partial charge on any atom is -0.444 e. The molecule has 2 amide bonds. The number of benzene rings is 1. The van der Waals surface area contributed by atoms with Gasteiger partial charge in [0.05, 0.1) is 6.04 Å². The van der Waals surface area contributed by atoms with E-state index in [2.05, 4.69) is 21.2 Å². The number of hydrogen-bond acceptors (Lipinski definition) is 3. The Bertz CT molecular complexity index is 531. The fourth-order valence-corrected chi connectivity index (χ4v) is 2.25. The first-order valence-corrected chi connectivity index (χ1v) is 7.58. The molecule has 0 spiro atoms. The average Bonchev–Trinajstić information content (AvgIpc) is 2.31. The van der Waals surface area contributed by atoms with Crippen molar-refractivity contribution in [3.8, 4) is 0 Å². The number of hydrogen-bond donors (Lipinski definition) is 1. The van der Waals surface area contributed by atoms with Gasteiger partial charge in [-0.25, -0.2) is 4.79 Å². The summed E-state index contributed by atoms with van der Waals surface area (Å²) < 4.78 is 6.12. The van der Waals surface area contributed by atoms with Crippen LogP contribution in [0.5, 0.6) is 0 Å². The van der Waals surface area contributed by atoms with Crippen molar-refractivity contribution in [3.05, 3.63) is 34.3 Å². The molecule has 21 heavy (non-hydrogen) atoms. The largest absolute Gasteiger partial charge is 0.444 e.